The summed E-state index contributed by atoms with van der Waals surface area (Å²) in [6, 6.07) is 8.50. The van der Waals surface area contributed by atoms with Crippen LogP contribution in [0.2, 0.25) is 0 Å². The Hall–Kier alpha value is -2.52. The van der Waals surface area contributed by atoms with Crippen molar-refractivity contribution in [3.63, 3.8) is 0 Å². The summed E-state index contributed by atoms with van der Waals surface area (Å²) < 4.78 is 36.8. The predicted octanol–water partition coefficient (Wildman–Crippen LogP) is 2.33. The molecule has 0 heterocycles. The average Bonchev–Trinajstić information content (AvgIpc) is 2.49. The van der Waals surface area contributed by atoms with Gasteiger partial charge in [0.15, 0.2) is 4.90 Å². The molecule has 0 aromatic heterocycles. The van der Waals surface area contributed by atoms with E-state index in [0.29, 0.717) is 11.1 Å². The van der Waals surface area contributed by atoms with Crippen molar-refractivity contribution >= 4 is 21.4 Å². The summed E-state index contributed by atoms with van der Waals surface area (Å²) >= 11 is 0. The van der Waals surface area contributed by atoms with Gasteiger partial charge in [0.2, 0.25) is 10.0 Å². The third kappa shape index (κ3) is 3.69. The Kier molecular flexibility index (Phi) is 4.86. The minimum Gasteiger partial charge on any atom is -0.365 e. The van der Waals surface area contributed by atoms with Crippen molar-refractivity contribution in [2.45, 2.75) is 18.4 Å². The number of sulfonamides is 1. The maximum absolute atomic E-state index is 13.6. The highest BCUT2D eigenvalue weighted by Gasteiger charge is 2.28. The van der Waals surface area contributed by atoms with E-state index < -0.39 is 25.5 Å². The molecule has 0 unspecified atom stereocenters. The lowest BCUT2D eigenvalue weighted by molar-refractivity contribution is -0.387. The third-order valence-electron chi connectivity index (χ3n) is 3.53. The van der Waals surface area contributed by atoms with Crippen LogP contribution in [0.4, 0.5) is 15.8 Å². The van der Waals surface area contributed by atoms with Gasteiger partial charge >= 0.3 is 5.69 Å². The van der Waals surface area contributed by atoms with Crippen molar-refractivity contribution < 1.29 is 17.7 Å². The fourth-order valence-corrected chi connectivity index (χ4v) is 3.04. The zero-order valence-electron chi connectivity index (χ0n) is 13.1. The highest BCUT2D eigenvalue weighted by molar-refractivity contribution is 7.89. The molecular formula is C15H16FN3O4S. The SMILES string of the molecule is Cc1ccc(CN(C)c2cccc(S(N)(=O)=O)c2[N+](=O)[O-])cc1F. The fraction of sp³-hybridized carbons (Fsp3) is 0.200. The molecule has 0 amide bonds. The summed E-state index contributed by atoms with van der Waals surface area (Å²) in [5, 5.41) is 16.4. The molecule has 7 nitrogen and oxygen atoms in total. The summed E-state index contributed by atoms with van der Waals surface area (Å²) in [4.78, 5) is 11.5. The number of halogens is 1. The summed E-state index contributed by atoms with van der Waals surface area (Å²) in [7, 11) is -2.70. The van der Waals surface area contributed by atoms with Crippen LogP contribution in [0.15, 0.2) is 41.3 Å². The number of nitrogens with two attached hydrogens (primary N) is 1. The molecule has 0 aliphatic carbocycles. The molecule has 2 rings (SSSR count). The Morgan fingerprint density at radius 2 is 1.96 bits per heavy atom. The van der Waals surface area contributed by atoms with Gasteiger partial charge in [-0.15, -0.1) is 0 Å². The van der Waals surface area contributed by atoms with E-state index in [1.807, 2.05) is 0 Å². The molecule has 9 heteroatoms. The van der Waals surface area contributed by atoms with Crippen molar-refractivity contribution in [3.05, 3.63) is 63.5 Å². The summed E-state index contributed by atoms with van der Waals surface area (Å²) in [5.41, 5.74) is 0.558. The second kappa shape index (κ2) is 6.54. The molecule has 128 valence electrons. The number of benzene rings is 2. The Bertz CT molecular complexity index is 900. The number of rotatable bonds is 5. The first kappa shape index (κ1) is 17.8. The molecule has 0 spiro atoms. The lowest BCUT2D eigenvalue weighted by Gasteiger charge is -2.20. The van der Waals surface area contributed by atoms with Gasteiger partial charge in [0, 0.05) is 13.6 Å². The number of primary sulfonamides is 1. The van der Waals surface area contributed by atoms with Crippen LogP contribution in [0.3, 0.4) is 0 Å². The smallest absolute Gasteiger partial charge is 0.312 e. The Balaban J connectivity index is 2.47. The van der Waals surface area contributed by atoms with Gasteiger partial charge < -0.3 is 4.90 Å². The molecule has 0 radical (unpaired) electrons. The van der Waals surface area contributed by atoms with Gasteiger partial charge in [-0.1, -0.05) is 18.2 Å². The van der Waals surface area contributed by atoms with Crippen molar-refractivity contribution in [2.24, 2.45) is 5.14 Å². The van der Waals surface area contributed by atoms with Gasteiger partial charge in [-0.25, -0.2) is 17.9 Å². The molecule has 2 aromatic carbocycles. The molecule has 0 aliphatic heterocycles. The number of aryl methyl sites for hydroxylation is 1. The minimum atomic E-state index is -4.25. The van der Waals surface area contributed by atoms with Gasteiger partial charge in [0.05, 0.1) is 4.92 Å². The van der Waals surface area contributed by atoms with E-state index in [2.05, 4.69) is 0 Å². The van der Waals surface area contributed by atoms with Crippen molar-refractivity contribution in [3.8, 4) is 0 Å². The standard InChI is InChI=1S/C15H16FN3O4S/c1-10-6-7-11(8-12(10)16)9-18(2)13-4-3-5-14(24(17,22)23)15(13)19(20)21/h3-8H,9H2,1-2H3,(H2,17,22,23). The summed E-state index contributed by atoms with van der Waals surface area (Å²) in [6.07, 6.45) is 0. The van der Waals surface area contributed by atoms with E-state index in [-0.39, 0.29) is 18.0 Å². The monoisotopic (exact) mass is 353 g/mol. The Morgan fingerprint density at radius 1 is 1.29 bits per heavy atom. The van der Waals surface area contributed by atoms with E-state index in [0.717, 1.165) is 6.07 Å². The van der Waals surface area contributed by atoms with E-state index in [4.69, 9.17) is 5.14 Å². The quantitative estimate of drug-likeness (QED) is 0.656. The van der Waals surface area contributed by atoms with Gasteiger partial charge in [-0.05, 0) is 36.2 Å². The summed E-state index contributed by atoms with van der Waals surface area (Å²) in [6.45, 7) is 1.79. The minimum absolute atomic E-state index is 0.0764. The number of nitrogens with zero attached hydrogens (tertiary/aromatic N) is 2. The number of para-hydroxylation sites is 1. The van der Waals surface area contributed by atoms with Crippen LogP contribution in [0.5, 0.6) is 0 Å². The van der Waals surface area contributed by atoms with E-state index >= 15 is 0 Å². The first-order valence-corrected chi connectivity index (χ1v) is 8.42. The molecule has 0 aliphatic rings. The summed E-state index contributed by atoms with van der Waals surface area (Å²) in [5.74, 6) is -0.381. The molecule has 0 atom stereocenters. The molecule has 0 fully saturated rings. The molecule has 0 saturated heterocycles. The Morgan fingerprint density at radius 3 is 2.50 bits per heavy atom. The van der Waals surface area contributed by atoms with E-state index in [9.17, 15) is 22.9 Å². The predicted molar refractivity (Wildman–Crippen MR) is 87.7 cm³/mol. The van der Waals surface area contributed by atoms with Crippen LogP contribution in [-0.2, 0) is 16.6 Å². The second-order valence-electron chi connectivity index (χ2n) is 5.37. The van der Waals surface area contributed by atoms with Crippen molar-refractivity contribution in [2.75, 3.05) is 11.9 Å². The molecular weight excluding hydrogens is 337 g/mol. The largest absolute Gasteiger partial charge is 0.365 e. The third-order valence-corrected chi connectivity index (χ3v) is 4.48. The first-order chi connectivity index (χ1) is 11.1. The fourth-order valence-electron chi connectivity index (χ4n) is 2.33. The van der Waals surface area contributed by atoms with Crippen molar-refractivity contribution in [1.82, 2.24) is 0 Å². The van der Waals surface area contributed by atoms with Gasteiger partial charge in [-0.2, -0.15) is 0 Å². The number of hydrogen-bond donors (Lipinski definition) is 1. The average molecular weight is 353 g/mol. The lowest BCUT2D eigenvalue weighted by atomic mass is 10.1. The molecule has 2 N–H and O–H groups in total. The maximum atomic E-state index is 13.6. The first-order valence-electron chi connectivity index (χ1n) is 6.87. The topological polar surface area (TPSA) is 107 Å². The van der Waals surface area contributed by atoms with Gasteiger partial charge in [0.1, 0.15) is 11.5 Å². The molecule has 24 heavy (non-hydrogen) atoms. The normalized spacial score (nSPS) is 11.3. The molecule has 0 bridgehead atoms. The second-order valence-corrected chi connectivity index (χ2v) is 6.90. The number of anilines is 1. The van der Waals surface area contributed by atoms with E-state index in [1.165, 1.54) is 23.1 Å². The van der Waals surface area contributed by atoms with Crippen LogP contribution in [-0.4, -0.2) is 20.4 Å². The van der Waals surface area contributed by atoms with Crippen molar-refractivity contribution in [1.29, 1.82) is 0 Å². The van der Waals surface area contributed by atoms with Crippen LogP contribution in [0.1, 0.15) is 11.1 Å². The Labute approximate surface area is 138 Å². The number of nitro benzene ring substituents is 1. The van der Waals surface area contributed by atoms with Crippen LogP contribution in [0, 0.1) is 22.9 Å². The van der Waals surface area contributed by atoms with Crippen LogP contribution >= 0.6 is 0 Å². The zero-order chi connectivity index (χ0) is 18.1. The molecule has 0 saturated carbocycles. The highest BCUT2D eigenvalue weighted by atomic mass is 32.2. The number of nitro groups is 1. The molecule has 2 aromatic rings. The maximum Gasteiger partial charge on any atom is 0.312 e. The van der Waals surface area contributed by atoms with Crippen LogP contribution in [0.25, 0.3) is 0 Å². The number of hydrogen-bond acceptors (Lipinski definition) is 5. The van der Waals surface area contributed by atoms with Crippen LogP contribution < -0.4 is 10.0 Å². The highest BCUT2D eigenvalue weighted by Crippen LogP contribution is 2.34. The van der Waals surface area contributed by atoms with Gasteiger partial charge in [0.25, 0.3) is 0 Å². The van der Waals surface area contributed by atoms with Gasteiger partial charge in [-0.3, -0.25) is 10.1 Å². The lowest BCUT2D eigenvalue weighted by Crippen LogP contribution is -2.20. The van der Waals surface area contributed by atoms with E-state index in [1.54, 1.807) is 26.1 Å². The zero-order valence-corrected chi connectivity index (χ0v) is 13.9.